The third kappa shape index (κ3) is 11.1. The second-order valence-corrected chi connectivity index (χ2v) is 6.85. The average Bonchev–Trinajstić information content (AvgIpc) is 2.86. The minimum atomic E-state index is -10.7. The van der Waals surface area contributed by atoms with E-state index in [1.54, 1.807) is 6.20 Å². The molecule has 0 N–H and O–H groups in total. The summed E-state index contributed by atoms with van der Waals surface area (Å²) in [7, 11) is -3.09. The predicted octanol–water partition coefficient (Wildman–Crippen LogP) is 2.49. The van der Waals surface area contributed by atoms with E-state index in [0.717, 1.165) is 0 Å². The van der Waals surface area contributed by atoms with Crippen LogP contribution in [0.5, 0.6) is 0 Å². The Bertz CT molecular complexity index is 748. The van der Waals surface area contributed by atoms with Crippen molar-refractivity contribution in [3.8, 4) is 0 Å². The Balaban J connectivity index is 0.000000589. The molecule has 0 radical (unpaired) electrons. The first kappa shape index (κ1) is 24.4. The van der Waals surface area contributed by atoms with Crippen molar-refractivity contribution in [2.75, 3.05) is 28.2 Å². The van der Waals surface area contributed by atoms with E-state index in [2.05, 4.69) is 21.1 Å². The molecule has 0 amide bonds. The van der Waals surface area contributed by atoms with Crippen LogP contribution in [0.3, 0.4) is 0 Å². The van der Waals surface area contributed by atoms with Crippen LogP contribution in [0.15, 0.2) is 18.3 Å². The van der Waals surface area contributed by atoms with Crippen LogP contribution < -0.4 is 4.84 Å². The van der Waals surface area contributed by atoms with Crippen LogP contribution in [0, 0.1) is 0 Å². The molecule has 0 bridgehead atoms. The standard InChI is InChI=1S/C10H15N6O.CH3.Al.F6P.2H/c1-14(2)10(15(3)4)17-16-9-8(12-13-16)6-5-7-11-9;;;1-7(2,3,4,5)6;;/h5-7H,1-4H3;1H3;;;;/q+1;;;-1;;. The van der Waals surface area contributed by atoms with Gasteiger partial charge in [0.2, 0.25) is 21.9 Å². The van der Waals surface area contributed by atoms with Gasteiger partial charge in [-0.1, -0.05) is 0 Å². The number of nitrogens with zero attached hydrogens (tertiary/aromatic N) is 6. The summed E-state index contributed by atoms with van der Waals surface area (Å²) in [6.07, 6.45) is 1.68. The molecule has 15 heteroatoms. The molecule has 0 aliphatic heterocycles. The van der Waals surface area contributed by atoms with E-state index in [1.165, 1.54) is 21.1 Å². The fourth-order valence-electron chi connectivity index (χ4n) is 1.45. The number of hydrogen-bond donors (Lipinski definition) is 0. The maximum absolute atomic E-state index is 10.7. The number of pyridine rings is 1. The third-order valence-electron chi connectivity index (χ3n) is 2.11. The maximum atomic E-state index is 9.87. The molecular weight excluding hydrogens is 404 g/mol. The van der Waals surface area contributed by atoms with Crippen LogP contribution in [0.2, 0.25) is 5.79 Å². The second kappa shape index (κ2) is 7.94. The molecule has 0 aromatic carbocycles. The number of halogens is 6. The van der Waals surface area contributed by atoms with Crippen molar-refractivity contribution in [1.82, 2.24) is 25.0 Å². The van der Waals surface area contributed by atoms with E-state index in [-0.39, 0.29) is 0 Å². The number of hydrogen-bond acceptors (Lipinski definition) is 4. The van der Waals surface area contributed by atoms with E-state index >= 15 is 0 Å². The van der Waals surface area contributed by atoms with Crippen LogP contribution in [-0.4, -0.2) is 80.1 Å². The molecule has 150 valence electrons. The molecule has 0 unspecified atom stereocenters. The van der Waals surface area contributed by atoms with Crippen molar-refractivity contribution in [3.05, 3.63) is 18.3 Å². The minimum Gasteiger partial charge on any atom is -0.112 e. The summed E-state index contributed by atoms with van der Waals surface area (Å²) in [5.74, 6) is 2.14. The average molecular weight is 424 g/mol. The molecule has 0 fully saturated rings. The Labute approximate surface area is 153 Å². The topological polar surface area (TPSA) is 59.1 Å². The monoisotopic (exact) mass is 424 g/mol. The number of fused-ring (bicyclic) bond motifs is 1. The van der Waals surface area contributed by atoms with Gasteiger partial charge in [0, 0.05) is 6.20 Å². The van der Waals surface area contributed by atoms with Gasteiger partial charge in [0.05, 0.1) is 28.2 Å². The van der Waals surface area contributed by atoms with E-state index in [1.807, 2.05) is 49.8 Å². The molecule has 2 rings (SSSR count). The molecule has 2 aromatic heterocycles. The fraction of sp³-hybridized carbons (Fsp3) is 0.455. The molecule has 0 aliphatic carbocycles. The molecular formula is C11H20AlF6N6OP. The Kier molecular flexibility index (Phi) is 7.44. The number of aromatic nitrogens is 4. The van der Waals surface area contributed by atoms with Gasteiger partial charge in [-0.25, -0.2) is 14.5 Å². The van der Waals surface area contributed by atoms with Crippen LogP contribution in [-0.2, 0) is 0 Å². The Morgan fingerprint density at radius 2 is 1.65 bits per heavy atom. The molecule has 0 spiro atoms. The van der Waals surface area contributed by atoms with Crippen LogP contribution in [0.25, 0.3) is 11.2 Å². The van der Waals surface area contributed by atoms with Crippen molar-refractivity contribution < 1.29 is 34.6 Å². The van der Waals surface area contributed by atoms with Crippen LogP contribution in [0.4, 0.5) is 25.2 Å². The zero-order valence-corrected chi connectivity index (χ0v) is 17.9. The largest absolute Gasteiger partial charge is 0.207 e. The zero-order chi connectivity index (χ0) is 20.8. The van der Waals surface area contributed by atoms with Crippen molar-refractivity contribution in [2.45, 2.75) is 5.79 Å². The van der Waals surface area contributed by atoms with Crippen molar-refractivity contribution in [2.24, 2.45) is 0 Å². The summed E-state index contributed by atoms with van der Waals surface area (Å²) >= 11 is 1.31. The van der Waals surface area contributed by atoms with E-state index < -0.39 is 7.81 Å². The van der Waals surface area contributed by atoms with Gasteiger partial charge in [-0.2, -0.15) is 0 Å². The smallest absolute Gasteiger partial charge is 0.112 e. The predicted molar refractivity (Wildman–Crippen MR) is 90.7 cm³/mol. The summed E-state index contributed by atoms with van der Waals surface area (Å²) in [5.41, 5.74) is 1.29. The van der Waals surface area contributed by atoms with E-state index in [4.69, 9.17) is 4.84 Å². The van der Waals surface area contributed by atoms with Crippen LogP contribution in [0.1, 0.15) is 0 Å². The van der Waals surface area contributed by atoms with Gasteiger partial charge < -0.3 is 0 Å². The molecule has 26 heavy (non-hydrogen) atoms. The summed E-state index contributed by atoms with van der Waals surface area (Å²) < 4.78 is 61.0. The SMILES string of the molecule is CN(C)C(On1nnc2cccnc21)=[N+](C)C.F[P-](F)(F)(F)(F)F.[CH3][AlH2]. The molecule has 7 nitrogen and oxygen atoms in total. The van der Waals surface area contributed by atoms with Gasteiger partial charge in [0.15, 0.2) is 0 Å². The summed E-state index contributed by atoms with van der Waals surface area (Å²) in [6.45, 7) is 0. The summed E-state index contributed by atoms with van der Waals surface area (Å²) in [6, 6.07) is 4.28. The van der Waals surface area contributed by atoms with Crippen molar-refractivity contribution >= 4 is 41.3 Å². The van der Waals surface area contributed by atoms with Crippen molar-refractivity contribution in [3.63, 3.8) is 0 Å². The maximum Gasteiger partial charge on any atom is 0.207 e. The normalized spacial score (nSPS) is 13.2. The summed E-state index contributed by atoms with van der Waals surface area (Å²) in [5, 5.41) is 7.87. The second-order valence-electron chi connectivity index (χ2n) is 4.93. The number of amidine groups is 1. The van der Waals surface area contributed by atoms with Crippen molar-refractivity contribution in [1.29, 1.82) is 0 Å². The first-order chi connectivity index (χ1) is 11.5. The van der Waals surface area contributed by atoms with Gasteiger partial charge in [0.1, 0.15) is 5.52 Å². The zero-order valence-electron chi connectivity index (χ0n) is 15.0. The quantitative estimate of drug-likeness (QED) is 0.176. The molecule has 0 saturated carbocycles. The van der Waals surface area contributed by atoms with E-state index in [9.17, 15) is 25.2 Å². The van der Waals surface area contributed by atoms with Crippen LogP contribution >= 0.6 is 7.81 Å². The first-order valence-corrected chi connectivity index (χ1v) is 11.2. The van der Waals surface area contributed by atoms with Gasteiger partial charge in [-0.05, 0) is 22.2 Å². The molecule has 2 aromatic rings. The summed E-state index contributed by atoms with van der Waals surface area (Å²) in [4.78, 5) is 13.0. The number of rotatable bonds is 1. The van der Waals surface area contributed by atoms with Gasteiger partial charge in [-0.3, -0.25) is 4.84 Å². The third-order valence-corrected chi connectivity index (χ3v) is 2.11. The van der Waals surface area contributed by atoms with Gasteiger partial charge in [0.25, 0.3) is 0 Å². The van der Waals surface area contributed by atoms with E-state index in [0.29, 0.717) is 17.2 Å². The minimum absolute atomic E-state index is 0.591. The molecule has 2 heterocycles. The molecule has 0 atom stereocenters. The molecule has 0 aliphatic rings. The fourth-order valence-corrected chi connectivity index (χ4v) is 1.45. The first-order valence-electron chi connectivity index (χ1n) is 7.17. The molecule has 0 saturated heterocycles. The van der Waals surface area contributed by atoms with Gasteiger partial charge >= 0.3 is 39.0 Å². The Morgan fingerprint density at radius 3 is 2.08 bits per heavy atom. The Hall–Kier alpha value is -1.64. The Morgan fingerprint density at radius 1 is 1.15 bits per heavy atom. The van der Waals surface area contributed by atoms with Gasteiger partial charge in [-0.15, -0.1) is 10.9 Å².